The van der Waals surface area contributed by atoms with Crippen molar-refractivity contribution in [1.82, 2.24) is 0 Å². The molecule has 0 radical (unpaired) electrons. The van der Waals surface area contributed by atoms with Crippen molar-refractivity contribution in [1.29, 1.82) is 0 Å². The molecule has 2 rings (SSSR count). The minimum Gasteiger partial charge on any atom is -0.126 e. The Hall–Kier alpha value is 0.307. The molecule has 0 aromatic carbocycles. The second-order valence-corrected chi connectivity index (χ2v) is 12.0. The van der Waals surface area contributed by atoms with Crippen molar-refractivity contribution in [2.75, 3.05) is 0 Å². The van der Waals surface area contributed by atoms with Gasteiger partial charge in [-0.2, -0.15) is 0 Å². The number of fused-ring (bicyclic) bond motifs is 1. The SMILES string of the molecule is CC[Si](Cl)(Cl)Cl.c1cc2cc-2c1. The molecule has 0 spiro atoms. The summed E-state index contributed by atoms with van der Waals surface area (Å²) < 4.78 is 0. The van der Waals surface area contributed by atoms with Gasteiger partial charge in [-0.15, -0.1) is 33.2 Å². The van der Waals surface area contributed by atoms with Gasteiger partial charge in [0.05, 0.1) is 0 Å². The van der Waals surface area contributed by atoms with E-state index in [0.717, 1.165) is 0 Å². The lowest BCUT2D eigenvalue weighted by Gasteiger charge is -1.98. The van der Waals surface area contributed by atoms with E-state index in [4.69, 9.17) is 33.2 Å². The molecule has 0 fully saturated rings. The zero-order valence-corrected chi connectivity index (χ0v) is 9.92. The Morgan fingerprint density at radius 2 is 1.58 bits per heavy atom. The number of hydrogen-bond acceptors (Lipinski definition) is 0. The standard InChI is InChI=1S/C6H4.C2H5Cl3Si/c1-2-5-4-6(5)3-1;1-2-6(3,4)5/h1-4H;2H2,1H3. The summed E-state index contributed by atoms with van der Waals surface area (Å²) in [5, 5.41) is 0. The van der Waals surface area contributed by atoms with Crippen molar-refractivity contribution in [2.45, 2.75) is 13.0 Å². The molecule has 2 aliphatic rings. The molecule has 0 heterocycles. The molecule has 12 heavy (non-hydrogen) atoms. The van der Waals surface area contributed by atoms with E-state index in [0.29, 0.717) is 6.04 Å². The van der Waals surface area contributed by atoms with Crippen LogP contribution in [-0.2, 0) is 0 Å². The number of benzene rings is 1. The maximum atomic E-state index is 5.39. The van der Waals surface area contributed by atoms with Crippen LogP contribution in [0.5, 0.6) is 0 Å². The van der Waals surface area contributed by atoms with Crippen LogP contribution in [0.1, 0.15) is 6.92 Å². The highest BCUT2D eigenvalue weighted by Gasteiger charge is 2.20. The normalized spacial score (nSPS) is 11.7. The van der Waals surface area contributed by atoms with Crippen molar-refractivity contribution in [3.8, 4) is 11.1 Å². The van der Waals surface area contributed by atoms with Crippen molar-refractivity contribution in [2.24, 2.45) is 0 Å². The van der Waals surface area contributed by atoms with Crippen LogP contribution < -0.4 is 0 Å². The number of hydrogen-bond donors (Lipinski definition) is 0. The molecule has 0 unspecified atom stereocenters. The third-order valence-electron chi connectivity index (χ3n) is 1.51. The van der Waals surface area contributed by atoms with E-state index in [1.165, 1.54) is 11.1 Å². The van der Waals surface area contributed by atoms with Gasteiger partial charge in [0.15, 0.2) is 0 Å². The van der Waals surface area contributed by atoms with Crippen LogP contribution in [0.2, 0.25) is 6.04 Å². The van der Waals surface area contributed by atoms with Crippen molar-refractivity contribution in [3.63, 3.8) is 0 Å². The van der Waals surface area contributed by atoms with Crippen LogP contribution >= 0.6 is 33.2 Å². The van der Waals surface area contributed by atoms with Crippen LogP contribution in [0.3, 0.4) is 0 Å². The van der Waals surface area contributed by atoms with Gasteiger partial charge in [0.1, 0.15) is 0 Å². The van der Waals surface area contributed by atoms with Crippen LogP contribution in [0.4, 0.5) is 0 Å². The van der Waals surface area contributed by atoms with E-state index in [1.54, 1.807) is 0 Å². The first kappa shape index (κ1) is 10.4. The topological polar surface area (TPSA) is 0 Å². The summed E-state index contributed by atoms with van der Waals surface area (Å²) in [5.74, 6) is 0. The van der Waals surface area contributed by atoms with Gasteiger partial charge in [0, 0.05) is 0 Å². The maximum absolute atomic E-state index is 5.39. The molecular formula is C8H9Cl3Si. The van der Waals surface area contributed by atoms with Gasteiger partial charge in [-0.3, -0.25) is 0 Å². The molecule has 0 nitrogen and oxygen atoms in total. The lowest BCUT2D eigenvalue weighted by molar-refractivity contribution is 1.46. The Balaban J connectivity index is 0.000000120. The minimum absolute atomic E-state index is 0.706. The fourth-order valence-corrected chi connectivity index (χ4v) is 0.676. The molecule has 0 N–H and O–H groups in total. The molecule has 0 atom stereocenters. The first-order valence-electron chi connectivity index (χ1n) is 3.70. The summed E-state index contributed by atoms with van der Waals surface area (Å²) in [7, 11) is 0. The van der Waals surface area contributed by atoms with Gasteiger partial charge in [-0.1, -0.05) is 25.1 Å². The van der Waals surface area contributed by atoms with Crippen molar-refractivity contribution >= 4 is 39.2 Å². The fourth-order valence-electron chi connectivity index (χ4n) is 0.676. The minimum atomic E-state index is -2.21. The molecule has 66 valence electrons. The number of halogens is 3. The predicted molar refractivity (Wildman–Crippen MR) is 59.2 cm³/mol. The van der Waals surface area contributed by atoms with Gasteiger partial charge < -0.3 is 0 Å². The van der Waals surface area contributed by atoms with Crippen molar-refractivity contribution in [3.05, 3.63) is 24.3 Å². The molecule has 0 aliphatic heterocycles. The average Bonchev–Trinajstić information content (AvgIpc) is 2.60. The molecule has 0 saturated carbocycles. The first-order chi connectivity index (χ1) is 5.53. The van der Waals surface area contributed by atoms with E-state index in [-0.39, 0.29) is 0 Å². The fraction of sp³-hybridized carbons (Fsp3) is 0.250. The first-order valence-corrected chi connectivity index (χ1v) is 8.94. The summed E-state index contributed by atoms with van der Waals surface area (Å²) in [6.07, 6.45) is 0. The van der Waals surface area contributed by atoms with Crippen LogP contribution in [0.15, 0.2) is 24.3 Å². The average molecular weight is 240 g/mol. The van der Waals surface area contributed by atoms with E-state index in [9.17, 15) is 0 Å². The number of rotatable bonds is 1. The Kier molecular flexibility index (Phi) is 3.47. The molecule has 0 bridgehead atoms. The molecule has 2 aliphatic carbocycles. The Morgan fingerprint density at radius 3 is 1.67 bits per heavy atom. The smallest absolute Gasteiger partial charge is 0.126 e. The third-order valence-corrected chi connectivity index (χ3v) is 4.72. The quantitative estimate of drug-likeness (QED) is 0.513. The molecule has 4 heteroatoms. The van der Waals surface area contributed by atoms with Gasteiger partial charge in [0.2, 0.25) is 0 Å². The van der Waals surface area contributed by atoms with Crippen LogP contribution in [0.25, 0.3) is 11.1 Å². The van der Waals surface area contributed by atoms with Crippen LogP contribution in [-0.4, -0.2) is 6.00 Å². The monoisotopic (exact) mass is 238 g/mol. The second-order valence-electron chi connectivity index (χ2n) is 2.55. The zero-order valence-electron chi connectivity index (χ0n) is 6.65. The molecule has 0 aromatic rings. The maximum Gasteiger partial charge on any atom is 0.341 e. The predicted octanol–water partition coefficient (Wildman–Crippen LogP) is 4.33. The second kappa shape index (κ2) is 4.01. The van der Waals surface area contributed by atoms with Gasteiger partial charge in [-0.05, 0) is 23.2 Å². The summed E-state index contributed by atoms with van der Waals surface area (Å²) in [6, 6.07) is 6.97. The summed E-state index contributed by atoms with van der Waals surface area (Å²) in [4.78, 5) is 0. The lowest BCUT2D eigenvalue weighted by Crippen LogP contribution is -2.04. The highest BCUT2D eigenvalue weighted by molar-refractivity contribution is 7.64. The van der Waals surface area contributed by atoms with Gasteiger partial charge in [0.25, 0.3) is 0 Å². The zero-order chi connectivity index (χ0) is 9.19. The van der Waals surface area contributed by atoms with Gasteiger partial charge in [-0.25, -0.2) is 0 Å². The molecule has 0 aromatic heterocycles. The lowest BCUT2D eigenvalue weighted by atomic mass is 10.6. The van der Waals surface area contributed by atoms with Gasteiger partial charge >= 0.3 is 6.00 Å². The van der Waals surface area contributed by atoms with E-state index in [1.807, 2.05) is 6.92 Å². The summed E-state index contributed by atoms with van der Waals surface area (Å²) >= 11 is 16.2. The van der Waals surface area contributed by atoms with E-state index >= 15 is 0 Å². The molecule has 0 amide bonds. The van der Waals surface area contributed by atoms with Crippen LogP contribution in [0, 0.1) is 0 Å². The molecule has 0 saturated heterocycles. The largest absolute Gasteiger partial charge is 0.341 e. The Labute approximate surface area is 87.6 Å². The van der Waals surface area contributed by atoms with E-state index in [2.05, 4.69) is 24.3 Å². The summed E-state index contributed by atoms with van der Waals surface area (Å²) in [5.41, 5.74) is 2.85. The Morgan fingerprint density at radius 1 is 1.17 bits per heavy atom. The Bertz CT molecular complexity index is 250. The summed E-state index contributed by atoms with van der Waals surface area (Å²) in [6.45, 7) is 1.87. The van der Waals surface area contributed by atoms with E-state index < -0.39 is 6.00 Å². The molecular weight excluding hydrogens is 231 g/mol. The van der Waals surface area contributed by atoms with Crippen molar-refractivity contribution < 1.29 is 0 Å². The highest BCUT2D eigenvalue weighted by atomic mass is 35.8. The highest BCUT2D eigenvalue weighted by Crippen LogP contribution is 2.32. The third kappa shape index (κ3) is 3.81.